The van der Waals surface area contributed by atoms with Crippen LogP contribution in [0.1, 0.15) is 12.8 Å². The minimum Gasteiger partial charge on any atom is -0.393 e. The van der Waals surface area contributed by atoms with Crippen molar-refractivity contribution in [2.45, 2.75) is 18.9 Å². The molecule has 2 aliphatic rings. The fourth-order valence-corrected chi connectivity index (χ4v) is 3.00. The van der Waals surface area contributed by atoms with Crippen LogP contribution in [-0.4, -0.2) is 34.3 Å². The zero-order valence-electron chi connectivity index (χ0n) is 9.38. The van der Waals surface area contributed by atoms with Crippen molar-refractivity contribution < 1.29 is 9.50 Å². The Bertz CT molecular complexity index is 441. The number of aliphatic hydroxyl groups is 1. The van der Waals surface area contributed by atoms with Crippen molar-refractivity contribution in [3.8, 4) is 0 Å². The predicted octanol–water partition coefficient (Wildman–Crippen LogP) is 0.405. The lowest BCUT2D eigenvalue weighted by atomic mass is 10.00. The average molecular weight is 238 g/mol. The van der Waals surface area contributed by atoms with Crippen molar-refractivity contribution in [1.29, 1.82) is 0 Å². The zero-order chi connectivity index (χ0) is 12.0. The van der Waals surface area contributed by atoms with Gasteiger partial charge >= 0.3 is 0 Å². The summed E-state index contributed by atoms with van der Waals surface area (Å²) in [4.78, 5) is 9.42. The number of nitrogens with zero attached hydrogens (tertiary/aromatic N) is 3. The van der Waals surface area contributed by atoms with Gasteiger partial charge in [-0.3, -0.25) is 0 Å². The normalized spacial score (nSPS) is 31.9. The highest BCUT2D eigenvalue weighted by molar-refractivity contribution is 5.44. The minimum atomic E-state index is -0.450. The second kappa shape index (κ2) is 3.80. The van der Waals surface area contributed by atoms with E-state index in [0.29, 0.717) is 12.5 Å². The summed E-state index contributed by atoms with van der Waals surface area (Å²) < 4.78 is 13.6. The monoisotopic (exact) mass is 238 g/mol. The van der Waals surface area contributed by atoms with E-state index in [1.807, 2.05) is 4.90 Å². The summed E-state index contributed by atoms with van der Waals surface area (Å²) >= 11 is 0. The Kier molecular flexibility index (Phi) is 2.39. The molecule has 1 aromatic rings. The van der Waals surface area contributed by atoms with Gasteiger partial charge in [0.05, 0.1) is 12.3 Å². The summed E-state index contributed by atoms with van der Waals surface area (Å²) in [6, 6.07) is 0. The number of nitrogen functional groups attached to an aromatic ring is 1. The highest BCUT2D eigenvalue weighted by atomic mass is 19.1. The van der Waals surface area contributed by atoms with E-state index in [1.54, 1.807) is 0 Å². The summed E-state index contributed by atoms with van der Waals surface area (Å²) in [6.07, 6.45) is 2.71. The van der Waals surface area contributed by atoms with Crippen LogP contribution in [0.4, 0.5) is 16.2 Å². The number of aromatic nitrogens is 2. The van der Waals surface area contributed by atoms with Gasteiger partial charge in [0.25, 0.3) is 0 Å². The van der Waals surface area contributed by atoms with E-state index in [4.69, 9.17) is 5.73 Å². The van der Waals surface area contributed by atoms with E-state index in [0.717, 1.165) is 25.6 Å². The molecule has 3 N–H and O–H groups in total. The van der Waals surface area contributed by atoms with Crippen LogP contribution in [0.15, 0.2) is 6.20 Å². The summed E-state index contributed by atoms with van der Waals surface area (Å²) in [6.45, 7) is 1.40. The van der Waals surface area contributed by atoms with Crippen molar-refractivity contribution >= 4 is 11.8 Å². The Hall–Kier alpha value is -1.43. The molecule has 0 bridgehead atoms. The molecule has 6 heteroatoms. The molecule has 3 rings (SSSR count). The smallest absolute Gasteiger partial charge is 0.222 e. The summed E-state index contributed by atoms with van der Waals surface area (Å²) in [5.41, 5.74) is 5.47. The van der Waals surface area contributed by atoms with Gasteiger partial charge in [-0.2, -0.15) is 4.98 Å². The number of fused-ring (bicyclic) bond motifs is 1. The lowest BCUT2D eigenvalue weighted by molar-refractivity contribution is 0.133. The topological polar surface area (TPSA) is 75.3 Å². The molecule has 0 spiro atoms. The SMILES string of the molecule is Nc1ncc(F)c(N2CC3CCC(O)C3C2)n1. The Balaban J connectivity index is 1.85. The molecule has 0 amide bonds. The molecular formula is C11H15FN4O. The molecule has 1 aromatic heterocycles. The van der Waals surface area contributed by atoms with Gasteiger partial charge in [0.1, 0.15) is 0 Å². The van der Waals surface area contributed by atoms with Crippen LogP contribution in [-0.2, 0) is 0 Å². The van der Waals surface area contributed by atoms with Crippen LogP contribution in [0.5, 0.6) is 0 Å². The van der Waals surface area contributed by atoms with Gasteiger partial charge in [0.15, 0.2) is 11.6 Å². The van der Waals surface area contributed by atoms with Crippen LogP contribution in [0.25, 0.3) is 0 Å². The molecular weight excluding hydrogens is 223 g/mol. The quantitative estimate of drug-likeness (QED) is 0.741. The van der Waals surface area contributed by atoms with E-state index < -0.39 is 5.82 Å². The van der Waals surface area contributed by atoms with Crippen LogP contribution < -0.4 is 10.6 Å². The van der Waals surface area contributed by atoms with E-state index >= 15 is 0 Å². The van der Waals surface area contributed by atoms with Gasteiger partial charge in [0, 0.05) is 19.0 Å². The molecule has 5 nitrogen and oxygen atoms in total. The molecule has 0 aromatic carbocycles. The first-order chi connectivity index (χ1) is 8.15. The second-order valence-corrected chi connectivity index (χ2v) is 4.87. The maximum Gasteiger partial charge on any atom is 0.222 e. The van der Waals surface area contributed by atoms with Gasteiger partial charge < -0.3 is 15.7 Å². The van der Waals surface area contributed by atoms with Crippen molar-refractivity contribution in [1.82, 2.24) is 9.97 Å². The Morgan fingerprint density at radius 2 is 2.24 bits per heavy atom. The number of aliphatic hydroxyl groups excluding tert-OH is 1. The van der Waals surface area contributed by atoms with E-state index in [1.165, 1.54) is 0 Å². The first-order valence-electron chi connectivity index (χ1n) is 5.86. The fraction of sp³-hybridized carbons (Fsp3) is 0.636. The van der Waals surface area contributed by atoms with Crippen molar-refractivity contribution in [2.75, 3.05) is 23.7 Å². The summed E-state index contributed by atoms with van der Waals surface area (Å²) in [7, 11) is 0. The van der Waals surface area contributed by atoms with E-state index in [2.05, 4.69) is 9.97 Å². The lowest BCUT2D eigenvalue weighted by Crippen LogP contribution is -2.26. The van der Waals surface area contributed by atoms with Crippen molar-refractivity contribution in [3.05, 3.63) is 12.0 Å². The predicted molar refractivity (Wildman–Crippen MR) is 60.8 cm³/mol. The summed E-state index contributed by atoms with van der Waals surface area (Å²) in [5.74, 6) is 0.581. The summed E-state index contributed by atoms with van der Waals surface area (Å²) in [5, 5.41) is 9.81. The Morgan fingerprint density at radius 1 is 1.41 bits per heavy atom. The van der Waals surface area contributed by atoms with Crippen molar-refractivity contribution in [2.24, 2.45) is 11.8 Å². The number of hydrogen-bond acceptors (Lipinski definition) is 5. The van der Waals surface area contributed by atoms with Crippen LogP contribution in [0, 0.1) is 17.7 Å². The van der Waals surface area contributed by atoms with Gasteiger partial charge in [-0.05, 0) is 18.8 Å². The molecule has 1 aliphatic carbocycles. The number of hydrogen-bond donors (Lipinski definition) is 2. The van der Waals surface area contributed by atoms with Gasteiger partial charge in [-0.15, -0.1) is 0 Å². The molecule has 92 valence electrons. The largest absolute Gasteiger partial charge is 0.393 e. The van der Waals surface area contributed by atoms with E-state index in [9.17, 15) is 9.50 Å². The standard InChI is InChI=1S/C11H15FN4O/c12-8-3-14-11(13)15-10(8)16-4-6-1-2-9(17)7(6)5-16/h3,6-7,9,17H,1-2,4-5H2,(H2,13,14,15). The number of rotatable bonds is 1. The first kappa shape index (κ1) is 10.7. The van der Waals surface area contributed by atoms with Crippen LogP contribution >= 0.6 is 0 Å². The highest BCUT2D eigenvalue weighted by Gasteiger charge is 2.42. The van der Waals surface area contributed by atoms with Crippen LogP contribution in [0.2, 0.25) is 0 Å². The van der Waals surface area contributed by atoms with Gasteiger partial charge in [-0.25, -0.2) is 9.37 Å². The first-order valence-corrected chi connectivity index (χ1v) is 5.86. The molecule has 1 aliphatic heterocycles. The van der Waals surface area contributed by atoms with Crippen LogP contribution in [0.3, 0.4) is 0 Å². The lowest BCUT2D eigenvalue weighted by Gasteiger charge is -2.19. The second-order valence-electron chi connectivity index (χ2n) is 4.87. The fourth-order valence-electron chi connectivity index (χ4n) is 3.00. The third-order valence-electron chi connectivity index (χ3n) is 3.86. The minimum absolute atomic E-state index is 0.0824. The molecule has 2 fully saturated rings. The molecule has 2 heterocycles. The molecule has 0 radical (unpaired) electrons. The van der Waals surface area contributed by atoms with Gasteiger partial charge in [-0.1, -0.05) is 0 Å². The highest BCUT2D eigenvalue weighted by Crippen LogP contribution is 2.39. The number of nitrogens with two attached hydrogens (primary N) is 1. The maximum atomic E-state index is 13.6. The number of anilines is 2. The number of halogens is 1. The molecule has 1 saturated carbocycles. The Morgan fingerprint density at radius 3 is 3.00 bits per heavy atom. The van der Waals surface area contributed by atoms with E-state index in [-0.39, 0.29) is 23.8 Å². The average Bonchev–Trinajstić information content (AvgIpc) is 2.85. The van der Waals surface area contributed by atoms with Crippen molar-refractivity contribution in [3.63, 3.8) is 0 Å². The zero-order valence-corrected chi connectivity index (χ0v) is 9.38. The Labute approximate surface area is 98.5 Å². The molecule has 17 heavy (non-hydrogen) atoms. The van der Waals surface area contributed by atoms with Gasteiger partial charge in [0.2, 0.25) is 5.95 Å². The molecule has 3 atom stereocenters. The molecule has 1 saturated heterocycles. The molecule has 3 unspecified atom stereocenters. The third-order valence-corrected chi connectivity index (χ3v) is 3.86. The maximum absolute atomic E-state index is 13.6. The third kappa shape index (κ3) is 1.72.